The first-order valence-corrected chi connectivity index (χ1v) is 8.53. The average molecular weight is 303 g/mol. The average Bonchev–Trinajstić information content (AvgIpc) is 2.48. The van der Waals surface area contributed by atoms with Crippen molar-refractivity contribution in [3.05, 3.63) is 29.8 Å². The highest BCUT2D eigenvalue weighted by atomic mass is 16.3. The minimum absolute atomic E-state index is 0.170. The molecule has 1 aromatic rings. The third-order valence-electron chi connectivity index (χ3n) is 5.01. The molecule has 1 aromatic carbocycles. The van der Waals surface area contributed by atoms with E-state index in [1.54, 1.807) is 12.1 Å². The number of carbonyl (C=O) groups excluding carboxylic acids is 1. The fourth-order valence-corrected chi connectivity index (χ4v) is 3.63. The standard InChI is InChI=1S/C19H29NO2/c1-13(2)17-9-4-14(3)12-18(17)19(22)20-11-10-15-5-7-16(21)8-6-15/h5-8,13-14,17-18,21H,4,9-12H2,1-3H3,(H,20,22)/t14-,17+,18-/m1/s1. The Balaban J connectivity index is 1.85. The Kier molecular flexibility index (Phi) is 5.87. The van der Waals surface area contributed by atoms with Crippen LogP contribution < -0.4 is 5.32 Å². The number of phenols is 1. The first-order chi connectivity index (χ1) is 10.5. The van der Waals surface area contributed by atoms with Gasteiger partial charge in [0.15, 0.2) is 0 Å². The number of rotatable bonds is 5. The molecule has 0 bridgehead atoms. The molecular weight excluding hydrogens is 274 g/mol. The van der Waals surface area contributed by atoms with E-state index in [2.05, 4.69) is 26.1 Å². The smallest absolute Gasteiger partial charge is 0.223 e. The van der Waals surface area contributed by atoms with Gasteiger partial charge < -0.3 is 10.4 Å². The number of amides is 1. The molecule has 0 heterocycles. The summed E-state index contributed by atoms with van der Waals surface area (Å²) < 4.78 is 0. The van der Waals surface area contributed by atoms with Gasteiger partial charge in [0.2, 0.25) is 5.91 Å². The number of benzene rings is 1. The molecule has 3 atom stereocenters. The second kappa shape index (κ2) is 7.66. The van der Waals surface area contributed by atoms with Crippen molar-refractivity contribution in [3.63, 3.8) is 0 Å². The maximum Gasteiger partial charge on any atom is 0.223 e. The quantitative estimate of drug-likeness (QED) is 0.870. The number of aromatic hydroxyl groups is 1. The van der Waals surface area contributed by atoms with Crippen LogP contribution in [0, 0.1) is 23.7 Å². The van der Waals surface area contributed by atoms with Crippen LogP contribution in [0.25, 0.3) is 0 Å². The summed E-state index contributed by atoms with van der Waals surface area (Å²) in [6.07, 6.45) is 4.25. The van der Waals surface area contributed by atoms with Crippen LogP contribution >= 0.6 is 0 Å². The first-order valence-electron chi connectivity index (χ1n) is 8.53. The molecule has 3 heteroatoms. The lowest BCUT2D eigenvalue weighted by Gasteiger charge is -2.36. The molecule has 0 aliphatic heterocycles. The fraction of sp³-hybridized carbons (Fsp3) is 0.632. The van der Waals surface area contributed by atoms with Crippen LogP contribution in [0.2, 0.25) is 0 Å². The fourth-order valence-electron chi connectivity index (χ4n) is 3.63. The van der Waals surface area contributed by atoms with Crippen molar-refractivity contribution in [1.29, 1.82) is 0 Å². The highest BCUT2D eigenvalue weighted by molar-refractivity contribution is 5.79. The lowest BCUT2D eigenvalue weighted by Crippen LogP contribution is -2.40. The maximum atomic E-state index is 12.6. The monoisotopic (exact) mass is 303 g/mol. The lowest BCUT2D eigenvalue weighted by molar-refractivity contribution is -0.129. The Bertz CT molecular complexity index is 481. The van der Waals surface area contributed by atoms with Gasteiger partial charge in [-0.1, -0.05) is 39.3 Å². The Morgan fingerprint density at radius 2 is 1.95 bits per heavy atom. The van der Waals surface area contributed by atoms with Crippen LogP contribution in [-0.4, -0.2) is 17.6 Å². The number of carbonyl (C=O) groups is 1. The maximum absolute atomic E-state index is 12.6. The molecule has 0 unspecified atom stereocenters. The topological polar surface area (TPSA) is 49.3 Å². The molecule has 0 aromatic heterocycles. The summed E-state index contributed by atoms with van der Waals surface area (Å²) in [5.41, 5.74) is 1.13. The normalized spacial score (nSPS) is 25.2. The van der Waals surface area contributed by atoms with Gasteiger partial charge in [-0.15, -0.1) is 0 Å². The molecule has 1 aliphatic rings. The predicted octanol–water partition coefficient (Wildman–Crippen LogP) is 3.76. The molecule has 22 heavy (non-hydrogen) atoms. The van der Waals surface area contributed by atoms with Crippen molar-refractivity contribution in [2.75, 3.05) is 6.54 Å². The predicted molar refractivity (Wildman–Crippen MR) is 89.7 cm³/mol. The Morgan fingerprint density at radius 3 is 2.59 bits per heavy atom. The third kappa shape index (κ3) is 4.49. The van der Waals surface area contributed by atoms with Crippen LogP contribution in [0.5, 0.6) is 5.75 Å². The Labute approximate surface area is 134 Å². The molecule has 1 fully saturated rings. The van der Waals surface area contributed by atoms with Crippen LogP contribution in [0.4, 0.5) is 0 Å². The minimum atomic E-state index is 0.170. The van der Waals surface area contributed by atoms with Crippen LogP contribution in [-0.2, 0) is 11.2 Å². The van der Waals surface area contributed by atoms with Crippen LogP contribution in [0.3, 0.4) is 0 Å². The van der Waals surface area contributed by atoms with E-state index >= 15 is 0 Å². The van der Waals surface area contributed by atoms with Crippen molar-refractivity contribution in [2.24, 2.45) is 23.7 Å². The summed E-state index contributed by atoms with van der Waals surface area (Å²) in [6.45, 7) is 7.39. The molecule has 2 N–H and O–H groups in total. The molecular formula is C19H29NO2. The van der Waals surface area contributed by atoms with E-state index in [1.165, 1.54) is 12.8 Å². The zero-order chi connectivity index (χ0) is 16.1. The van der Waals surface area contributed by atoms with Gasteiger partial charge in [0.25, 0.3) is 0 Å². The van der Waals surface area contributed by atoms with Gasteiger partial charge in [-0.25, -0.2) is 0 Å². The second-order valence-corrected chi connectivity index (χ2v) is 7.14. The zero-order valence-electron chi connectivity index (χ0n) is 14.0. The van der Waals surface area contributed by atoms with Crippen molar-refractivity contribution >= 4 is 5.91 Å². The van der Waals surface area contributed by atoms with Crippen molar-refractivity contribution < 1.29 is 9.90 Å². The molecule has 1 amide bonds. The zero-order valence-corrected chi connectivity index (χ0v) is 14.0. The molecule has 0 radical (unpaired) electrons. The molecule has 0 spiro atoms. The van der Waals surface area contributed by atoms with E-state index in [4.69, 9.17) is 0 Å². The Hall–Kier alpha value is -1.51. The summed E-state index contributed by atoms with van der Waals surface area (Å²) >= 11 is 0. The van der Waals surface area contributed by atoms with Gasteiger partial charge in [-0.3, -0.25) is 4.79 Å². The lowest BCUT2D eigenvalue weighted by atomic mass is 9.70. The van der Waals surface area contributed by atoms with Crippen molar-refractivity contribution in [2.45, 2.75) is 46.5 Å². The Morgan fingerprint density at radius 1 is 1.27 bits per heavy atom. The minimum Gasteiger partial charge on any atom is -0.508 e. The highest BCUT2D eigenvalue weighted by Crippen LogP contribution is 2.38. The summed E-state index contributed by atoms with van der Waals surface area (Å²) in [6, 6.07) is 7.19. The van der Waals surface area contributed by atoms with E-state index in [0.29, 0.717) is 24.3 Å². The molecule has 122 valence electrons. The molecule has 3 nitrogen and oxygen atoms in total. The highest BCUT2D eigenvalue weighted by Gasteiger charge is 2.35. The van der Waals surface area contributed by atoms with Gasteiger partial charge in [-0.05, 0) is 54.7 Å². The molecule has 1 aliphatic carbocycles. The molecule has 0 saturated heterocycles. The SMILES string of the molecule is CC(C)[C@@H]1CC[C@@H](C)C[C@H]1C(=O)NCCc1ccc(O)cc1. The third-order valence-corrected chi connectivity index (χ3v) is 5.01. The van der Waals surface area contributed by atoms with E-state index in [1.807, 2.05) is 12.1 Å². The van der Waals surface area contributed by atoms with E-state index in [-0.39, 0.29) is 17.6 Å². The van der Waals surface area contributed by atoms with Gasteiger partial charge in [-0.2, -0.15) is 0 Å². The molecule has 1 saturated carbocycles. The van der Waals surface area contributed by atoms with Gasteiger partial charge in [0.05, 0.1) is 0 Å². The summed E-state index contributed by atoms with van der Waals surface area (Å²) in [5, 5.41) is 12.4. The largest absolute Gasteiger partial charge is 0.508 e. The van der Waals surface area contributed by atoms with Crippen LogP contribution in [0.1, 0.15) is 45.6 Å². The summed E-state index contributed by atoms with van der Waals surface area (Å²) in [5.74, 6) is 2.42. The van der Waals surface area contributed by atoms with Crippen molar-refractivity contribution in [1.82, 2.24) is 5.32 Å². The number of phenolic OH excluding ortho intramolecular Hbond substituents is 1. The van der Waals surface area contributed by atoms with E-state index in [0.717, 1.165) is 18.4 Å². The van der Waals surface area contributed by atoms with Gasteiger partial charge >= 0.3 is 0 Å². The molecule has 2 rings (SSSR count). The van der Waals surface area contributed by atoms with Gasteiger partial charge in [0.1, 0.15) is 5.75 Å². The first kappa shape index (κ1) is 16.9. The van der Waals surface area contributed by atoms with Crippen molar-refractivity contribution in [3.8, 4) is 5.75 Å². The van der Waals surface area contributed by atoms with Crippen LogP contribution in [0.15, 0.2) is 24.3 Å². The van der Waals surface area contributed by atoms with E-state index in [9.17, 15) is 9.90 Å². The second-order valence-electron chi connectivity index (χ2n) is 7.14. The van der Waals surface area contributed by atoms with Gasteiger partial charge in [0, 0.05) is 12.5 Å². The summed E-state index contributed by atoms with van der Waals surface area (Å²) in [7, 11) is 0. The number of hydrogen-bond acceptors (Lipinski definition) is 2. The number of nitrogens with one attached hydrogen (secondary N) is 1. The summed E-state index contributed by atoms with van der Waals surface area (Å²) in [4.78, 5) is 12.6. The number of hydrogen-bond donors (Lipinski definition) is 2. The van der Waals surface area contributed by atoms with E-state index < -0.39 is 0 Å².